The topological polar surface area (TPSA) is 44.8 Å². The molecule has 4 nitrogen and oxygen atoms in total. The smallest absolute Gasteiger partial charge is 0.196 e. The maximum absolute atomic E-state index is 12.8. The van der Waals surface area contributed by atoms with Gasteiger partial charge in [-0.3, -0.25) is 4.79 Å². The highest BCUT2D eigenvalue weighted by Gasteiger charge is 2.26. The van der Waals surface area contributed by atoms with Gasteiger partial charge in [0.05, 0.1) is 12.7 Å². The van der Waals surface area contributed by atoms with E-state index in [1.54, 1.807) is 31.4 Å². The molecule has 2 aromatic rings. The van der Waals surface area contributed by atoms with Gasteiger partial charge in [0.1, 0.15) is 19.0 Å². The molecule has 1 heterocycles. The Bertz CT molecular complexity index is 805. The molecule has 0 spiro atoms. The van der Waals surface area contributed by atoms with Crippen LogP contribution >= 0.6 is 0 Å². The number of carbonyl (C=O) groups is 1. The van der Waals surface area contributed by atoms with E-state index in [9.17, 15) is 4.79 Å². The van der Waals surface area contributed by atoms with E-state index in [1.807, 2.05) is 30.3 Å². The number of carbonyl (C=O) groups excluding carboxylic acids is 1. The molecule has 0 saturated carbocycles. The molecule has 0 atom stereocenters. The Kier molecular flexibility index (Phi) is 4.66. The SMILES string of the molecule is C=CCOc1ccccc1/C=C1\COc2c(OC)cccc2C1=O. The number of hydrogen-bond donors (Lipinski definition) is 0. The Morgan fingerprint density at radius 1 is 1.17 bits per heavy atom. The maximum atomic E-state index is 12.8. The molecule has 0 unspecified atom stereocenters. The van der Waals surface area contributed by atoms with Crippen LogP contribution in [0.15, 0.2) is 60.7 Å². The summed E-state index contributed by atoms with van der Waals surface area (Å²) in [5.74, 6) is 1.70. The second kappa shape index (κ2) is 7.04. The van der Waals surface area contributed by atoms with E-state index in [-0.39, 0.29) is 12.4 Å². The van der Waals surface area contributed by atoms with Crippen molar-refractivity contribution in [3.8, 4) is 17.2 Å². The number of methoxy groups -OCH3 is 1. The van der Waals surface area contributed by atoms with Crippen LogP contribution in [0.3, 0.4) is 0 Å². The fourth-order valence-corrected chi connectivity index (χ4v) is 2.57. The van der Waals surface area contributed by atoms with Crippen LogP contribution in [0.2, 0.25) is 0 Å². The monoisotopic (exact) mass is 322 g/mol. The fourth-order valence-electron chi connectivity index (χ4n) is 2.57. The minimum absolute atomic E-state index is 0.0614. The predicted octanol–water partition coefficient (Wildman–Crippen LogP) is 3.92. The molecule has 4 heteroatoms. The van der Waals surface area contributed by atoms with Crippen molar-refractivity contribution < 1.29 is 19.0 Å². The molecule has 122 valence electrons. The molecule has 0 N–H and O–H groups in total. The van der Waals surface area contributed by atoms with Gasteiger partial charge in [-0.15, -0.1) is 0 Å². The van der Waals surface area contributed by atoms with E-state index < -0.39 is 0 Å². The lowest BCUT2D eigenvalue weighted by Crippen LogP contribution is -2.19. The average molecular weight is 322 g/mol. The highest BCUT2D eigenvalue weighted by molar-refractivity contribution is 6.14. The van der Waals surface area contributed by atoms with Gasteiger partial charge >= 0.3 is 0 Å². The van der Waals surface area contributed by atoms with Gasteiger partial charge in [0.15, 0.2) is 17.3 Å². The van der Waals surface area contributed by atoms with Crippen LogP contribution in [0.25, 0.3) is 6.08 Å². The largest absolute Gasteiger partial charge is 0.493 e. The summed E-state index contributed by atoms with van der Waals surface area (Å²) in [5.41, 5.74) is 1.92. The van der Waals surface area contributed by atoms with Gasteiger partial charge in [-0.1, -0.05) is 36.9 Å². The second-order valence-corrected chi connectivity index (χ2v) is 5.26. The van der Waals surface area contributed by atoms with Gasteiger partial charge < -0.3 is 14.2 Å². The Morgan fingerprint density at radius 2 is 1.96 bits per heavy atom. The van der Waals surface area contributed by atoms with Gasteiger partial charge in [0.2, 0.25) is 0 Å². The van der Waals surface area contributed by atoms with Crippen LogP contribution in [0.4, 0.5) is 0 Å². The van der Waals surface area contributed by atoms with Crippen LogP contribution in [0, 0.1) is 0 Å². The van der Waals surface area contributed by atoms with E-state index in [0.717, 1.165) is 5.56 Å². The summed E-state index contributed by atoms with van der Waals surface area (Å²) >= 11 is 0. The van der Waals surface area contributed by atoms with Crippen molar-refractivity contribution in [1.29, 1.82) is 0 Å². The molecule has 1 aliphatic heterocycles. The number of hydrogen-bond acceptors (Lipinski definition) is 4. The first-order valence-electron chi connectivity index (χ1n) is 7.62. The molecular formula is C20H18O4. The lowest BCUT2D eigenvalue weighted by molar-refractivity contribution is 0.0999. The fraction of sp³-hybridized carbons (Fsp3) is 0.150. The molecule has 0 aromatic heterocycles. The number of ketones is 1. The van der Waals surface area contributed by atoms with Crippen molar-refractivity contribution >= 4 is 11.9 Å². The van der Waals surface area contributed by atoms with Crippen molar-refractivity contribution in [1.82, 2.24) is 0 Å². The Balaban J connectivity index is 1.95. The van der Waals surface area contributed by atoms with Crippen LogP contribution in [-0.2, 0) is 0 Å². The minimum atomic E-state index is -0.0614. The van der Waals surface area contributed by atoms with Crippen LogP contribution < -0.4 is 14.2 Å². The Labute approximate surface area is 141 Å². The summed E-state index contributed by atoms with van der Waals surface area (Å²) < 4.78 is 16.6. The first-order chi connectivity index (χ1) is 11.7. The second-order valence-electron chi connectivity index (χ2n) is 5.26. The van der Waals surface area contributed by atoms with E-state index in [0.29, 0.717) is 35.0 Å². The summed E-state index contributed by atoms with van der Waals surface area (Å²) in [5, 5.41) is 0. The predicted molar refractivity (Wildman–Crippen MR) is 92.9 cm³/mol. The lowest BCUT2D eigenvalue weighted by Gasteiger charge is -2.21. The van der Waals surface area contributed by atoms with Gasteiger partial charge in [-0.2, -0.15) is 0 Å². The number of benzene rings is 2. The maximum Gasteiger partial charge on any atom is 0.196 e. The van der Waals surface area contributed by atoms with E-state index in [4.69, 9.17) is 14.2 Å². The molecule has 24 heavy (non-hydrogen) atoms. The first kappa shape index (κ1) is 15.9. The van der Waals surface area contributed by atoms with Crippen molar-refractivity contribution in [3.05, 3.63) is 71.8 Å². The summed E-state index contributed by atoms with van der Waals surface area (Å²) in [7, 11) is 1.56. The van der Waals surface area contributed by atoms with Gasteiger partial charge in [-0.05, 0) is 24.3 Å². The first-order valence-corrected chi connectivity index (χ1v) is 7.62. The number of fused-ring (bicyclic) bond motifs is 1. The number of para-hydroxylation sites is 2. The van der Waals surface area contributed by atoms with Crippen LogP contribution in [0.1, 0.15) is 15.9 Å². The van der Waals surface area contributed by atoms with Crippen LogP contribution in [-0.4, -0.2) is 26.1 Å². The van der Waals surface area contributed by atoms with Gasteiger partial charge in [0.25, 0.3) is 0 Å². The summed E-state index contributed by atoms with van der Waals surface area (Å²) in [4.78, 5) is 12.8. The molecule has 2 aromatic carbocycles. The number of ether oxygens (including phenoxy) is 3. The molecule has 0 bridgehead atoms. The molecule has 0 aliphatic carbocycles. The van der Waals surface area contributed by atoms with E-state index in [1.165, 1.54) is 0 Å². The van der Waals surface area contributed by atoms with E-state index >= 15 is 0 Å². The normalized spacial score (nSPS) is 14.7. The molecule has 3 rings (SSSR count). The van der Waals surface area contributed by atoms with Crippen molar-refractivity contribution in [2.24, 2.45) is 0 Å². The standard InChI is InChI=1S/C20H18O4/c1-3-11-23-17-9-5-4-7-14(17)12-15-13-24-20-16(19(15)21)8-6-10-18(20)22-2/h3-10,12H,1,11,13H2,2H3/b15-12+. The van der Waals surface area contributed by atoms with Gasteiger partial charge in [0, 0.05) is 11.1 Å². The highest BCUT2D eigenvalue weighted by Crippen LogP contribution is 2.36. The van der Waals surface area contributed by atoms with Crippen molar-refractivity contribution in [3.63, 3.8) is 0 Å². The third-order valence-corrected chi connectivity index (χ3v) is 3.71. The Morgan fingerprint density at radius 3 is 2.75 bits per heavy atom. The summed E-state index contributed by atoms with van der Waals surface area (Å²) in [6, 6.07) is 12.9. The van der Waals surface area contributed by atoms with Gasteiger partial charge in [-0.25, -0.2) is 0 Å². The minimum Gasteiger partial charge on any atom is -0.493 e. The highest BCUT2D eigenvalue weighted by atomic mass is 16.5. The van der Waals surface area contributed by atoms with Crippen molar-refractivity contribution in [2.75, 3.05) is 20.3 Å². The zero-order chi connectivity index (χ0) is 16.9. The Hall–Kier alpha value is -3.01. The zero-order valence-electron chi connectivity index (χ0n) is 13.5. The third-order valence-electron chi connectivity index (χ3n) is 3.71. The zero-order valence-corrected chi connectivity index (χ0v) is 13.5. The van der Waals surface area contributed by atoms with Crippen LogP contribution in [0.5, 0.6) is 17.2 Å². The molecule has 0 radical (unpaired) electrons. The third kappa shape index (κ3) is 3.04. The average Bonchev–Trinajstić information content (AvgIpc) is 2.63. The van der Waals surface area contributed by atoms with Crippen molar-refractivity contribution in [2.45, 2.75) is 0 Å². The lowest BCUT2D eigenvalue weighted by atomic mass is 9.98. The number of rotatable bonds is 5. The summed E-state index contributed by atoms with van der Waals surface area (Å²) in [6.45, 7) is 4.25. The number of Topliss-reactive ketones (excluding diaryl/α,β-unsaturated/α-hetero) is 1. The molecule has 0 fully saturated rings. The summed E-state index contributed by atoms with van der Waals surface area (Å²) in [6.07, 6.45) is 3.49. The molecule has 0 saturated heterocycles. The van der Waals surface area contributed by atoms with E-state index in [2.05, 4.69) is 6.58 Å². The molecule has 1 aliphatic rings. The molecular weight excluding hydrogens is 304 g/mol. The quantitative estimate of drug-likeness (QED) is 0.618. The molecule has 0 amide bonds.